The molecule has 4 rings (SSSR count). The number of aryl methyl sites for hydroxylation is 1. The van der Waals surface area contributed by atoms with Gasteiger partial charge in [0.05, 0.1) is 5.56 Å². The Hall–Kier alpha value is -3.94. The molecule has 0 fully saturated rings. The molecule has 0 saturated heterocycles. The number of amides is 1. The van der Waals surface area contributed by atoms with Crippen molar-refractivity contribution in [3.63, 3.8) is 0 Å². The molecule has 0 aliphatic carbocycles. The van der Waals surface area contributed by atoms with Gasteiger partial charge in [0.1, 0.15) is 11.3 Å². The summed E-state index contributed by atoms with van der Waals surface area (Å²) in [5.74, 6) is 0.895. The quantitative estimate of drug-likeness (QED) is 0.532. The minimum absolute atomic E-state index is 0.0800. The number of nitrogens with zero attached hydrogens (tertiary/aromatic N) is 2. The van der Waals surface area contributed by atoms with Gasteiger partial charge < -0.3 is 19.0 Å². The van der Waals surface area contributed by atoms with Crippen LogP contribution in [0.2, 0.25) is 0 Å². The molecule has 2 heterocycles. The largest absolute Gasteiger partial charge is 0.485 e. The zero-order chi connectivity index (χ0) is 19.5. The number of nitrogens with one attached hydrogen (secondary N) is 1. The summed E-state index contributed by atoms with van der Waals surface area (Å²) in [6.45, 7) is 1.77. The number of rotatable bonds is 5. The molecule has 4 aromatic rings. The number of benzene rings is 2. The number of aromatic nitrogens is 2. The molecule has 0 aliphatic rings. The second-order valence-electron chi connectivity index (χ2n) is 5.98. The van der Waals surface area contributed by atoms with E-state index in [0.29, 0.717) is 39.7 Å². The number of carbonyl (C=O) groups excluding carboxylic acids is 1. The summed E-state index contributed by atoms with van der Waals surface area (Å²) in [6, 6.07) is 14.9. The number of ether oxygens (including phenoxy) is 1. The Labute approximate surface area is 158 Å². The number of hydrogen-bond donors (Lipinski definition) is 1. The van der Waals surface area contributed by atoms with Crippen molar-refractivity contribution in [1.29, 1.82) is 0 Å². The second kappa shape index (κ2) is 7.36. The van der Waals surface area contributed by atoms with Crippen LogP contribution < -0.4 is 15.7 Å². The van der Waals surface area contributed by atoms with Gasteiger partial charge in [-0.1, -0.05) is 17.3 Å². The molecule has 2 aromatic carbocycles. The van der Waals surface area contributed by atoms with Crippen LogP contribution >= 0.6 is 0 Å². The molecule has 0 radical (unpaired) electrons. The summed E-state index contributed by atoms with van der Waals surface area (Å²) < 4.78 is 15.7. The van der Waals surface area contributed by atoms with Crippen molar-refractivity contribution >= 4 is 22.6 Å². The molecule has 0 saturated carbocycles. The Bertz CT molecular complexity index is 1210. The highest BCUT2D eigenvalue weighted by Crippen LogP contribution is 2.22. The fourth-order valence-electron chi connectivity index (χ4n) is 2.67. The van der Waals surface area contributed by atoms with Gasteiger partial charge >= 0.3 is 5.63 Å². The van der Waals surface area contributed by atoms with Gasteiger partial charge in [-0.15, -0.1) is 0 Å². The number of hydrogen-bond acceptors (Lipinski definition) is 7. The summed E-state index contributed by atoms with van der Waals surface area (Å²) in [6.07, 6.45) is 0. The van der Waals surface area contributed by atoms with E-state index < -0.39 is 5.63 Å². The molecule has 0 spiro atoms. The molecule has 28 heavy (non-hydrogen) atoms. The summed E-state index contributed by atoms with van der Waals surface area (Å²) in [4.78, 5) is 28.1. The molecule has 0 atom stereocenters. The Morgan fingerprint density at radius 1 is 1.14 bits per heavy atom. The van der Waals surface area contributed by atoms with E-state index in [9.17, 15) is 9.59 Å². The second-order valence-corrected chi connectivity index (χ2v) is 5.98. The van der Waals surface area contributed by atoms with Crippen LogP contribution in [0.15, 0.2) is 68.3 Å². The smallest absolute Gasteiger partial charge is 0.336 e. The van der Waals surface area contributed by atoms with Gasteiger partial charge in [0, 0.05) is 24.1 Å². The zero-order valence-corrected chi connectivity index (χ0v) is 14.8. The average Bonchev–Trinajstić information content (AvgIpc) is 3.12. The van der Waals surface area contributed by atoms with Crippen LogP contribution in [0, 0.1) is 6.92 Å². The Morgan fingerprint density at radius 2 is 2.00 bits per heavy atom. The minimum Gasteiger partial charge on any atom is -0.485 e. The topological polar surface area (TPSA) is 107 Å². The first-order chi connectivity index (χ1) is 13.6. The molecule has 8 nitrogen and oxygen atoms in total. The van der Waals surface area contributed by atoms with Crippen molar-refractivity contribution < 1.29 is 18.5 Å². The highest BCUT2D eigenvalue weighted by Gasteiger charge is 2.14. The molecule has 0 unspecified atom stereocenters. The van der Waals surface area contributed by atoms with E-state index in [1.54, 1.807) is 55.5 Å². The van der Waals surface area contributed by atoms with Crippen molar-refractivity contribution in [2.45, 2.75) is 13.5 Å². The highest BCUT2D eigenvalue weighted by molar-refractivity contribution is 6.06. The Morgan fingerprint density at radius 3 is 2.82 bits per heavy atom. The Kier molecular flexibility index (Phi) is 4.59. The predicted molar refractivity (Wildman–Crippen MR) is 100 cm³/mol. The van der Waals surface area contributed by atoms with Crippen LogP contribution in [0.5, 0.6) is 5.75 Å². The first kappa shape index (κ1) is 17.5. The van der Waals surface area contributed by atoms with Crippen molar-refractivity contribution in [2.24, 2.45) is 0 Å². The van der Waals surface area contributed by atoms with Crippen LogP contribution in [0.3, 0.4) is 0 Å². The third-order valence-corrected chi connectivity index (χ3v) is 3.94. The van der Waals surface area contributed by atoms with Crippen LogP contribution in [-0.4, -0.2) is 16.0 Å². The monoisotopic (exact) mass is 377 g/mol. The van der Waals surface area contributed by atoms with Gasteiger partial charge in [0.15, 0.2) is 6.61 Å². The fourth-order valence-corrected chi connectivity index (χ4v) is 2.67. The van der Waals surface area contributed by atoms with E-state index in [-0.39, 0.29) is 12.5 Å². The maximum atomic E-state index is 12.7. The maximum absolute atomic E-state index is 12.7. The number of anilines is 1. The van der Waals surface area contributed by atoms with Crippen molar-refractivity contribution in [2.75, 3.05) is 5.32 Å². The molecule has 0 bridgehead atoms. The van der Waals surface area contributed by atoms with E-state index in [2.05, 4.69) is 15.5 Å². The lowest BCUT2D eigenvalue weighted by Crippen LogP contribution is -2.13. The fraction of sp³-hybridized carbons (Fsp3) is 0.100. The number of carbonyl (C=O) groups is 1. The van der Waals surface area contributed by atoms with E-state index in [4.69, 9.17) is 13.7 Å². The van der Waals surface area contributed by atoms with Crippen LogP contribution in [-0.2, 0) is 6.61 Å². The van der Waals surface area contributed by atoms with Gasteiger partial charge in [-0.2, -0.15) is 4.98 Å². The van der Waals surface area contributed by atoms with Crippen LogP contribution in [0.4, 0.5) is 5.69 Å². The molecular formula is C20H15N3O5. The summed E-state index contributed by atoms with van der Waals surface area (Å²) in [7, 11) is 0. The number of para-hydroxylation sites is 1. The van der Waals surface area contributed by atoms with Crippen molar-refractivity contribution in [3.8, 4) is 5.75 Å². The first-order valence-electron chi connectivity index (χ1n) is 8.45. The predicted octanol–water partition coefficient (Wildman–Crippen LogP) is 3.32. The average molecular weight is 377 g/mol. The molecule has 8 heteroatoms. The molecule has 1 N–H and O–H groups in total. The normalized spacial score (nSPS) is 10.8. The standard InChI is InChI=1S/C20H15N3O5/c1-12-21-18(23-28-12)11-26-17-5-3-2-4-15(17)20(25)22-14-7-8-16-13(10-14)6-9-19(24)27-16/h2-10H,11H2,1H3,(H,22,25). The van der Waals surface area contributed by atoms with Crippen molar-refractivity contribution in [1.82, 2.24) is 10.1 Å². The van der Waals surface area contributed by atoms with E-state index in [0.717, 1.165) is 0 Å². The lowest BCUT2D eigenvalue weighted by Gasteiger charge is -2.11. The van der Waals surface area contributed by atoms with E-state index in [1.807, 2.05) is 0 Å². The number of fused-ring (bicyclic) bond motifs is 1. The lowest BCUT2D eigenvalue weighted by atomic mass is 10.1. The molecule has 1 amide bonds. The SMILES string of the molecule is Cc1nc(COc2ccccc2C(=O)Nc2ccc3oc(=O)ccc3c2)no1. The van der Waals surface area contributed by atoms with Gasteiger partial charge in [0.2, 0.25) is 11.7 Å². The molecule has 2 aromatic heterocycles. The molecule has 0 aliphatic heterocycles. The van der Waals surface area contributed by atoms with Gasteiger partial charge in [0.25, 0.3) is 5.91 Å². The third kappa shape index (κ3) is 3.75. The Balaban J connectivity index is 1.53. The van der Waals surface area contributed by atoms with Crippen molar-refractivity contribution in [3.05, 3.63) is 82.3 Å². The summed E-state index contributed by atoms with van der Waals surface area (Å²) in [5, 5.41) is 7.29. The minimum atomic E-state index is -0.424. The summed E-state index contributed by atoms with van der Waals surface area (Å²) in [5.41, 5.74) is 0.953. The molecular weight excluding hydrogens is 362 g/mol. The lowest BCUT2D eigenvalue weighted by molar-refractivity contribution is 0.102. The van der Waals surface area contributed by atoms with Gasteiger partial charge in [-0.05, 0) is 36.4 Å². The first-order valence-corrected chi connectivity index (χ1v) is 8.45. The maximum Gasteiger partial charge on any atom is 0.336 e. The van der Waals surface area contributed by atoms with Gasteiger partial charge in [-0.25, -0.2) is 4.79 Å². The third-order valence-electron chi connectivity index (χ3n) is 3.94. The molecule has 140 valence electrons. The highest BCUT2D eigenvalue weighted by atomic mass is 16.5. The van der Waals surface area contributed by atoms with Crippen LogP contribution in [0.1, 0.15) is 22.1 Å². The van der Waals surface area contributed by atoms with E-state index >= 15 is 0 Å². The summed E-state index contributed by atoms with van der Waals surface area (Å²) >= 11 is 0. The van der Waals surface area contributed by atoms with Crippen LogP contribution in [0.25, 0.3) is 11.0 Å². The zero-order valence-electron chi connectivity index (χ0n) is 14.8. The van der Waals surface area contributed by atoms with E-state index in [1.165, 1.54) is 6.07 Å². The van der Waals surface area contributed by atoms with Gasteiger partial charge in [-0.3, -0.25) is 4.79 Å².